The quantitative estimate of drug-likeness (QED) is 0.190. The van der Waals surface area contributed by atoms with Gasteiger partial charge in [0.25, 0.3) is 0 Å². The predicted octanol–water partition coefficient (Wildman–Crippen LogP) is 2.10. The Morgan fingerprint density at radius 1 is 1.04 bits per heavy atom. The summed E-state index contributed by atoms with van der Waals surface area (Å²) >= 11 is 0. The molecule has 1 aliphatic rings. The molecule has 1 fully saturated rings. The first-order valence-corrected chi connectivity index (χ1v) is 11.9. The largest absolute Gasteiger partial charge is 0.357 e. The lowest BCUT2D eigenvalue weighted by Crippen LogP contribution is -2.42. The summed E-state index contributed by atoms with van der Waals surface area (Å²) in [5, 5.41) is 6.34. The number of sulfonamides is 1. The number of aliphatic imine (C=N–C) groups is 1. The van der Waals surface area contributed by atoms with E-state index in [9.17, 15) is 8.42 Å². The topological polar surface area (TPSA) is 77.0 Å². The van der Waals surface area contributed by atoms with Crippen molar-refractivity contribution >= 4 is 40.0 Å². The van der Waals surface area contributed by atoms with Crippen molar-refractivity contribution in [3.63, 3.8) is 0 Å². The molecule has 0 amide bonds. The average Bonchev–Trinajstić information content (AvgIpc) is 2.88. The maximum absolute atomic E-state index is 12.2. The molecule has 1 heterocycles. The van der Waals surface area contributed by atoms with E-state index < -0.39 is 10.0 Å². The van der Waals surface area contributed by atoms with Crippen LogP contribution in [0.3, 0.4) is 0 Å². The van der Waals surface area contributed by atoms with Crippen molar-refractivity contribution in [3.05, 3.63) is 0 Å². The lowest BCUT2D eigenvalue weighted by atomic mass is 10.2. The summed E-state index contributed by atoms with van der Waals surface area (Å²) in [6.45, 7) is 12.2. The molecule has 9 heteroatoms. The molecule has 162 valence electrons. The molecule has 2 N–H and O–H groups in total. The first-order valence-electron chi connectivity index (χ1n) is 10.3. The van der Waals surface area contributed by atoms with Gasteiger partial charge in [-0.05, 0) is 45.8 Å². The first kappa shape index (κ1) is 26.9. The van der Waals surface area contributed by atoms with Gasteiger partial charge in [0.15, 0.2) is 5.96 Å². The van der Waals surface area contributed by atoms with Gasteiger partial charge in [-0.2, -0.15) is 0 Å². The molecule has 0 saturated carbocycles. The van der Waals surface area contributed by atoms with Crippen LogP contribution >= 0.6 is 24.0 Å². The number of rotatable bonds is 11. The van der Waals surface area contributed by atoms with E-state index in [1.165, 1.54) is 43.1 Å². The van der Waals surface area contributed by atoms with E-state index in [1.54, 1.807) is 0 Å². The second-order valence-corrected chi connectivity index (χ2v) is 8.79. The SMILES string of the molecule is CCNC(=NCCCN1CCCCCC1)NCCS(=O)(=O)N(CC)CC.I. The third-order valence-corrected chi connectivity index (χ3v) is 6.72. The molecule has 1 aliphatic heterocycles. The molecule has 0 aromatic rings. The van der Waals surface area contributed by atoms with Crippen LogP contribution in [0.4, 0.5) is 0 Å². The number of nitrogens with one attached hydrogen (secondary N) is 2. The Morgan fingerprint density at radius 3 is 2.22 bits per heavy atom. The molecular weight excluding hydrogens is 477 g/mol. The van der Waals surface area contributed by atoms with Crippen LogP contribution in [0.15, 0.2) is 4.99 Å². The molecule has 27 heavy (non-hydrogen) atoms. The van der Waals surface area contributed by atoms with Gasteiger partial charge in [0.05, 0.1) is 5.75 Å². The summed E-state index contributed by atoms with van der Waals surface area (Å²) < 4.78 is 25.9. The lowest BCUT2D eigenvalue weighted by Gasteiger charge is -2.19. The second-order valence-electron chi connectivity index (χ2n) is 6.70. The van der Waals surface area contributed by atoms with Gasteiger partial charge in [-0.25, -0.2) is 12.7 Å². The highest BCUT2D eigenvalue weighted by Crippen LogP contribution is 2.09. The fraction of sp³-hybridized carbons (Fsp3) is 0.944. The van der Waals surface area contributed by atoms with E-state index in [-0.39, 0.29) is 29.7 Å². The molecular formula is C18H40IN5O2S. The van der Waals surface area contributed by atoms with Crippen LogP contribution in [-0.4, -0.2) is 81.7 Å². The summed E-state index contributed by atoms with van der Waals surface area (Å²) in [5.74, 6) is 0.797. The zero-order valence-electron chi connectivity index (χ0n) is 17.4. The van der Waals surface area contributed by atoms with Crippen LogP contribution < -0.4 is 10.6 Å². The van der Waals surface area contributed by atoms with E-state index in [1.807, 2.05) is 20.8 Å². The van der Waals surface area contributed by atoms with Crippen molar-refractivity contribution in [2.75, 3.05) is 58.1 Å². The van der Waals surface area contributed by atoms with E-state index in [4.69, 9.17) is 0 Å². The molecule has 0 aromatic carbocycles. The molecule has 0 aromatic heterocycles. The molecule has 0 atom stereocenters. The molecule has 1 saturated heterocycles. The highest BCUT2D eigenvalue weighted by atomic mass is 127. The van der Waals surface area contributed by atoms with Gasteiger partial charge in [0.2, 0.25) is 10.0 Å². The van der Waals surface area contributed by atoms with Crippen molar-refractivity contribution in [2.45, 2.75) is 52.9 Å². The predicted molar refractivity (Wildman–Crippen MR) is 126 cm³/mol. The molecule has 0 unspecified atom stereocenters. The van der Waals surface area contributed by atoms with Crippen LogP contribution in [0, 0.1) is 0 Å². The van der Waals surface area contributed by atoms with Gasteiger partial charge >= 0.3 is 0 Å². The Bertz CT molecular complexity index is 490. The number of halogens is 1. The number of hydrogen-bond donors (Lipinski definition) is 2. The molecule has 0 aliphatic carbocycles. The van der Waals surface area contributed by atoms with Crippen molar-refractivity contribution < 1.29 is 8.42 Å². The second kappa shape index (κ2) is 15.8. The zero-order chi connectivity index (χ0) is 19.3. The van der Waals surface area contributed by atoms with Crippen LogP contribution in [0.25, 0.3) is 0 Å². The smallest absolute Gasteiger partial charge is 0.215 e. The van der Waals surface area contributed by atoms with E-state index >= 15 is 0 Å². The van der Waals surface area contributed by atoms with Crippen LogP contribution in [0.2, 0.25) is 0 Å². The average molecular weight is 518 g/mol. The summed E-state index contributed by atoms with van der Waals surface area (Å²) in [6, 6.07) is 0. The van der Waals surface area contributed by atoms with Gasteiger partial charge in [-0.1, -0.05) is 26.7 Å². The molecule has 7 nitrogen and oxygen atoms in total. The molecule has 1 rings (SSSR count). The number of guanidine groups is 1. The van der Waals surface area contributed by atoms with Gasteiger partial charge in [0.1, 0.15) is 0 Å². The summed E-state index contributed by atoms with van der Waals surface area (Å²) in [7, 11) is -3.19. The Balaban J connectivity index is 0.00000676. The fourth-order valence-corrected chi connectivity index (χ4v) is 4.64. The van der Waals surface area contributed by atoms with Crippen LogP contribution in [0.1, 0.15) is 52.9 Å². The molecule has 0 radical (unpaired) electrons. The number of likely N-dealkylation sites (tertiary alicyclic amines) is 1. The minimum Gasteiger partial charge on any atom is -0.357 e. The van der Waals surface area contributed by atoms with Crippen molar-refractivity contribution in [1.82, 2.24) is 19.8 Å². The normalized spacial score (nSPS) is 16.7. The maximum Gasteiger partial charge on any atom is 0.215 e. The highest BCUT2D eigenvalue weighted by Gasteiger charge is 2.18. The summed E-state index contributed by atoms with van der Waals surface area (Å²) in [6.07, 6.45) is 6.39. The molecule has 0 bridgehead atoms. The Kier molecular flexibility index (Phi) is 15.7. The van der Waals surface area contributed by atoms with Gasteiger partial charge < -0.3 is 15.5 Å². The first-order chi connectivity index (χ1) is 12.5. The standard InChI is InChI=1S/C18H39N5O2S.HI/c1-4-19-18(21-13-17-26(24,25)23(5-2)6-3)20-12-11-16-22-14-9-7-8-10-15-22;/h4-17H2,1-3H3,(H2,19,20,21);1H. The fourth-order valence-electron chi connectivity index (χ4n) is 3.23. The monoisotopic (exact) mass is 517 g/mol. The van der Waals surface area contributed by atoms with Crippen LogP contribution in [0.5, 0.6) is 0 Å². The number of nitrogens with zero attached hydrogens (tertiary/aromatic N) is 3. The van der Waals surface area contributed by atoms with Gasteiger partial charge in [0, 0.05) is 32.7 Å². The van der Waals surface area contributed by atoms with Crippen molar-refractivity contribution in [3.8, 4) is 0 Å². The summed E-state index contributed by atoms with van der Waals surface area (Å²) in [5.41, 5.74) is 0. The molecule has 0 spiro atoms. The van der Waals surface area contributed by atoms with Gasteiger partial charge in [-0.3, -0.25) is 4.99 Å². The van der Waals surface area contributed by atoms with Gasteiger partial charge in [-0.15, -0.1) is 24.0 Å². The number of hydrogen-bond acceptors (Lipinski definition) is 4. The summed E-state index contributed by atoms with van der Waals surface area (Å²) in [4.78, 5) is 7.13. The van der Waals surface area contributed by atoms with E-state index in [0.29, 0.717) is 25.6 Å². The minimum absolute atomic E-state index is 0. The van der Waals surface area contributed by atoms with Crippen LogP contribution in [-0.2, 0) is 10.0 Å². The Hall–Kier alpha value is -0.130. The minimum atomic E-state index is -3.19. The Morgan fingerprint density at radius 2 is 1.67 bits per heavy atom. The third kappa shape index (κ3) is 11.5. The highest BCUT2D eigenvalue weighted by molar-refractivity contribution is 14.0. The zero-order valence-corrected chi connectivity index (χ0v) is 20.5. The van der Waals surface area contributed by atoms with Crippen molar-refractivity contribution in [2.24, 2.45) is 4.99 Å². The third-order valence-electron chi connectivity index (χ3n) is 4.70. The maximum atomic E-state index is 12.2. The van der Waals surface area contributed by atoms with E-state index in [2.05, 4.69) is 20.5 Å². The van der Waals surface area contributed by atoms with E-state index in [0.717, 1.165) is 26.1 Å². The lowest BCUT2D eigenvalue weighted by molar-refractivity contribution is 0.283. The van der Waals surface area contributed by atoms with Crippen molar-refractivity contribution in [1.29, 1.82) is 0 Å². The Labute approximate surface area is 183 Å².